The average molecular weight is 255 g/mol. The molecule has 0 radical (unpaired) electrons. The Morgan fingerprint density at radius 2 is 2.29 bits per heavy atom. The van der Waals surface area contributed by atoms with Crippen LogP contribution in [-0.2, 0) is 0 Å². The van der Waals surface area contributed by atoms with Crippen molar-refractivity contribution in [2.75, 3.05) is 5.32 Å². The molecule has 1 aromatic heterocycles. The Morgan fingerprint density at radius 3 is 2.88 bits per heavy atom. The molecule has 5 heteroatoms. The second-order valence-corrected chi connectivity index (χ2v) is 5.02. The van der Waals surface area contributed by atoms with Gasteiger partial charge in [-0.25, -0.2) is 9.78 Å². The molecule has 1 aromatic rings. The SMILES string of the molecule is CC1CCC(Nc2cc(C(=O)O)cc(Cl)n2)C1. The third-order valence-electron chi connectivity index (χ3n) is 3.09. The number of aromatic carboxylic acids is 1. The summed E-state index contributed by atoms with van der Waals surface area (Å²) in [6.07, 6.45) is 3.39. The largest absolute Gasteiger partial charge is 0.478 e. The molecule has 92 valence electrons. The van der Waals surface area contributed by atoms with E-state index in [1.807, 2.05) is 0 Å². The van der Waals surface area contributed by atoms with Crippen molar-refractivity contribution in [3.05, 3.63) is 22.8 Å². The number of hydrogen-bond donors (Lipinski definition) is 2. The van der Waals surface area contributed by atoms with E-state index in [1.165, 1.54) is 18.6 Å². The molecule has 1 fully saturated rings. The molecule has 2 N–H and O–H groups in total. The number of pyridine rings is 1. The number of carbonyl (C=O) groups is 1. The molecule has 0 aromatic carbocycles. The quantitative estimate of drug-likeness (QED) is 0.814. The molecule has 17 heavy (non-hydrogen) atoms. The van der Waals surface area contributed by atoms with Gasteiger partial charge in [0.25, 0.3) is 0 Å². The Bertz CT molecular complexity index is 437. The lowest BCUT2D eigenvalue weighted by Crippen LogP contribution is -2.16. The van der Waals surface area contributed by atoms with E-state index in [-0.39, 0.29) is 10.7 Å². The highest BCUT2D eigenvalue weighted by Crippen LogP contribution is 2.27. The Kier molecular flexibility index (Phi) is 3.52. The van der Waals surface area contributed by atoms with Crippen LogP contribution in [0.15, 0.2) is 12.1 Å². The smallest absolute Gasteiger partial charge is 0.335 e. The summed E-state index contributed by atoms with van der Waals surface area (Å²) in [5.74, 6) is 0.275. The second kappa shape index (κ2) is 4.92. The maximum Gasteiger partial charge on any atom is 0.335 e. The van der Waals surface area contributed by atoms with Crippen LogP contribution in [0.3, 0.4) is 0 Å². The van der Waals surface area contributed by atoms with Gasteiger partial charge >= 0.3 is 5.97 Å². The van der Waals surface area contributed by atoms with Crippen molar-refractivity contribution in [3.63, 3.8) is 0 Å². The maximum absolute atomic E-state index is 10.9. The van der Waals surface area contributed by atoms with E-state index in [2.05, 4.69) is 17.2 Å². The van der Waals surface area contributed by atoms with Crippen LogP contribution in [0.25, 0.3) is 0 Å². The zero-order valence-electron chi connectivity index (χ0n) is 9.61. The molecule has 0 saturated heterocycles. The van der Waals surface area contributed by atoms with Gasteiger partial charge in [-0.05, 0) is 37.3 Å². The lowest BCUT2D eigenvalue weighted by Gasteiger charge is -2.13. The van der Waals surface area contributed by atoms with E-state index < -0.39 is 5.97 Å². The maximum atomic E-state index is 10.9. The Balaban J connectivity index is 2.12. The number of carboxylic acid groups (broad SMARTS) is 1. The summed E-state index contributed by atoms with van der Waals surface area (Å²) < 4.78 is 0. The Morgan fingerprint density at radius 1 is 1.53 bits per heavy atom. The van der Waals surface area contributed by atoms with Gasteiger partial charge in [-0.3, -0.25) is 0 Å². The van der Waals surface area contributed by atoms with Crippen molar-refractivity contribution < 1.29 is 9.90 Å². The minimum Gasteiger partial charge on any atom is -0.478 e. The number of nitrogens with one attached hydrogen (secondary N) is 1. The van der Waals surface area contributed by atoms with Crippen LogP contribution >= 0.6 is 11.6 Å². The lowest BCUT2D eigenvalue weighted by atomic mass is 10.1. The van der Waals surface area contributed by atoms with Crippen molar-refractivity contribution in [3.8, 4) is 0 Å². The molecule has 1 aliphatic rings. The molecule has 0 amide bonds. The van der Waals surface area contributed by atoms with Gasteiger partial charge in [0.1, 0.15) is 11.0 Å². The van der Waals surface area contributed by atoms with E-state index in [4.69, 9.17) is 16.7 Å². The van der Waals surface area contributed by atoms with Crippen LogP contribution in [0.5, 0.6) is 0 Å². The van der Waals surface area contributed by atoms with Crippen LogP contribution in [0.1, 0.15) is 36.5 Å². The molecule has 1 aliphatic carbocycles. The summed E-state index contributed by atoms with van der Waals surface area (Å²) in [6, 6.07) is 3.25. The zero-order valence-corrected chi connectivity index (χ0v) is 10.4. The van der Waals surface area contributed by atoms with E-state index in [1.54, 1.807) is 0 Å². The fourth-order valence-electron chi connectivity index (χ4n) is 2.24. The van der Waals surface area contributed by atoms with Crippen molar-refractivity contribution >= 4 is 23.4 Å². The molecule has 2 unspecified atom stereocenters. The van der Waals surface area contributed by atoms with E-state index in [0.717, 1.165) is 12.8 Å². The van der Waals surface area contributed by atoms with Gasteiger partial charge in [0, 0.05) is 6.04 Å². The molecule has 1 saturated carbocycles. The average Bonchev–Trinajstić information content (AvgIpc) is 2.63. The van der Waals surface area contributed by atoms with Crippen LogP contribution in [0.2, 0.25) is 5.15 Å². The van der Waals surface area contributed by atoms with Crippen molar-refractivity contribution in [2.45, 2.75) is 32.2 Å². The van der Waals surface area contributed by atoms with E-state index in [0.29, 0.717) is 17.8 Å². The summed E-state index contributed by atoms with van der Waals surface area (Å²) in [5, 5.41) is 12.4. The topological polar surface area (TPSA) is 62.2 Å². The summed E-state index contributed by atoms with van der Waals surface area (Å²) in [7, 11) is 0. The summed E-state index contributed by atoms with van der Waals surface area (Å²) >= 11 is 5.79. The fourth-order valence-corrected chi connectivity index (χ4v) is 2.45. The third-order valence-corrected chi connectivity index (χ3v) is 3.28. The summed E-state index contributed by atoms with van der Waals surface area (Å²) in [4.78, 5) is 15.0. The molecule has 0 bridgehead atoms. The number of nitrogens with zero attached hydrogens (tertiary/aromatic N) is 1. The van der Waals surface area contributed by atoms with Crippen LogP contribution in [0, 0.1) is 5.92 Å². The van der Waals surface area contributed by atoms with Gasteiger partial charge in [-0.15, -0.1) is 0 Å². The molecular formula is C12H15ClN2O2. The minimum atomic E-state index is -0.989. The monoisotopic (exact) mass is 254 g/mol. The highest BCUT2D eigenvalue weighted by atomic mass is 35.5. The molecule has 2 rings (SSSR count). The van der Waals surface area contributed by atoms with Gasteiger partial charge in [0.15, 0.2) is 0 Å². The van der Waals surface area contributed by atoms with Crippen molar-refractivity contribution in [1.29, 1.82) is 0 Å². The normalized spacial score (nSPS) is 23.6. The summed E-state index contributed by atoms with van der Waals surface area (Å²) in [6.45, 7) is 2.22. The molecule has 4 nitrogen and oxygen atoms in total. The number of anilines is 1. The first kappa shape index (κ1) is 12.2. The fraction of sp³-hybridized carbons (Fsp3) is 0.500. The molecule has 2 atom stereocenters. The predicted molar refractivity (Wildman–Crippen MR) is 66.6 cm³/mol. The van der Waals surface area contributed by atoms with Crippen molar-refractivity contribution in [2.24, 2.45) is 5.92 Å². The van der Waals surface area contributed by atoms with E-state index >= 15 is 0 Å². The highest BCUT2D eigenvalue weighted by molar-refractivity contribution is 6.29. The molecular weight excluding hydrogens is 240 g/mol. The third kappa shape index (κ3) is 3.09. The molecule has 1 heterocycles. The molecule has 0 spiro atoms. The standard InChI is InChI=1S/C12H15ClN2O2/c1-7-2-3-9(4-7)14-11-6-8(12(16)17)5-10(13)15-11/h5-7,9H,2-4H2,1H3,(H,14,15)(H,16,17). The molecule has 0 aliphatic heterocycles. The van der Waals surface area contributed by atoms with Gasteiger partial charge in [0.05, 0.1) is 5.56 Å². The number of rotatable bonds is 3. The first-order valence-corrected chi connectivity index (χ1v) is 6.10. The number of carboxylic acids is 1. The second-order valence-electron chi connectivity index (χ2n) is 4.63. The van der Waals surface area contributed by atoms with Gasteiger partial charge in [-0.2, -0.15) is 0 Å². The van der Waals surface area contributed by atoms with Crippen LogP contribution in [-0.4, -0.2) is 22.1 Å². The minimum absolute atomic E-state index is 0.165. The van der Waals surface area contributed by atoms with Gasteiger partial charge < -0.3 is 10.4 Å². The van der Waals surface area contributed by atoms with Crippen LogP contribution < -0.4 is 5.32 Å². The Labute approximate surface area is 105 Å². The van der Waals surface area contributed by atoms with Gasteiger partial charge in [-0.1, -0.05) is 18.5 Å². The summed E-state index contributed by atoms with van der Waals surface area (Å²) in [5.41, 5.74) is 0.165. The lowest BCUT2D eigenvalue weighted by molar-refractivity contribution is 0.0697. The number of aromatic nitrogens is 1. The van der Waals surface area contributed by atoms with E-state index in [9.17, 15) is 4.79 Å². The first-order valence-electron chi connectivity index (χ1n) is 5.72. The highest BCUT2D eigenvalue weighted by Gasteiger charge is 2.21. The first-order chi connectivity index (χ1) is 8.04. The van der Waals surface area contributed by atoms with Crippen LogP contribution in [0.4, 0.5) is 5.82 Å². The zero-order chi connectivity index (χ0) is 12.4. The number of hydrogen-bond acceptors (Lipinski definition) is 3. The Hall–Kier alpha value is -1.29. The van der Waals surface area contributed by atoms with Crippen molar-refractivity contribution in [1.82, 2.24) is 4.98 Å². The number of halogens is 1. The van der Waals surface area contributed by atoms with Gasteiger partial charge in [0.2, 0.25) is 0 Å². The predicted octanol–water partition coefficient (Wildman–Crippen LogP) is 3.03.